The van der Waals surface area contributed by atoms with Gasteiger partial charge in [-0.1, -0.05) is 42.5 Å². The number of thiophene rings is 1. The van der Waals surface area contributed by atoms with Crippen molar-refractivity contribution in [1.82, 2.24) is 4.98 Å². The van der Waals surface area contributed by atoms with Gasteiger partial charge in [-0.25, -0.2) is 0 Å². The quantitative estimate of drug-likeness (QED) is 0.560. The van der Waals surface area contributed by atoms with E-state index in [4.69, 9.17) is 0 Å². The van der Waals surface area contributed by atoms with Crippen LogP contribution in [0.15, 0.2) is 79.1 Å². The second-order valence-corrected chi connectivity index (χ2v) is 6.47. The Morgan fingerprint density at radius 2 is 1.79 bits per heavy atom. The zero-order valence-corrected chi connectivity index (χ0v) is 13.6. The van der Waals surface area contributed by atoms with Crippen LogP contribution >= 0.6 is 11.3 Å². The molecule has 0 spiro atoms. The van der Waals surface area contributed by atoms with E-state index in [9.17, 15) is 4.79 Å². The van der Waals surface area contributed by atoms with E-state index in [1.54, 1.807) is 12.4 Å². The summed E-state index contributed by atoms with van der Waals surface area (Å²) in [5.74, 6) is -0.0902. The van der Waals surface area contributed by atoms with Crippen molar-refractivity contribution in [3.63, 3.8) is 0 Å². The van der Waals surface area contributed by atoms with E-state index < -0.39 is 0 Å². The fourth-order valence-corrected chi connectivity index (χ4v) is 3.60. The van der Waals surface area contributed by atoms with Gasteiger partial charge < -0.3 is 5.32 Å². The van der Waals surface area contributed by atoms with Gasteiger partial charge in [0.1, 0.15) is 0 Å². The molecule has 0 unspecified atom stereocenters. The van der Waals surface area contributed by atoms with Crippen LogP contribution in [0.5, 0.6) is 0 Å². The number of fused-ring (bicyclic) bond motifs is 1. The first kappa shape index (κ1) is 14.6. The number of aromatic nitrogens is 1. The van der Waals surface area contributed by atoms with Crippen LogP contribution in [-0.2, 0) is 0 Å². The minimum Gasteiger partial charge on any atom is -0.321 e. The average molecular weight is 330 g/mol. The Labute approximate surface area is 143 Å². The summed E-state index contributed by atoms with van der Waals surface area (Å²) < 4.78 is 1.11. The van der Waals surface area contributed by atoms with Crippen LogP contribution in [-0.4, -0.2) is 10.9 Å². The second kappa shape index (κ2) is 6.26. The van der Waals surface area contributed by atoms with E-state index in [0.717, 1.165) is 26.9 Å². The smallest absolute Gasteiger partial charge is 0.265 e. The molecule has 0 atom stereocenters. The van der Waals surface area contributed by atoms with Crippen molar-refractivity contribution in [2.45, 2.75) is 0 Å². The molecule has 1 amide bonds. The van der Waals surface area contributed by atoms with E-state index >= 15 is 0 Å². The number of nitrogens with zero attached hydrogens (tertiary/aromatic N) is 1. The van der Waals surface area contributed by atoms with E-state index in [-0.39, 0.29) is 5.91 Å². The standard InChI is InChI=1S/C20H14N2OS/c23-20(19-12-14-6-1-4-10-18(14)24-19)22-17-9-3-2-8-16(17)15-7-5-11-21-13-15/h1-13H,(H,22,23). The Kier molecular flexibility index (Phi) is 3.81. The van der Waals surface area contributed by atoms with Crippen LogP contribution in [0.4, 0.5) is 5.69 Å². The molecule has 4 aromatic rings. The Morgan fingerprint density at radius 3 is 2.62 bits per heavy atom. The Hall–Kier alpha value is -2.98. The van der Waals surface area contributed by atoms with Gasteiger partial charge in [0.2, 0.25) is 0 Å². The predicted octanol–water partition coefficient (Wildman–Crippen LogP) is 5.22. The molecule has 116 valence electrons. The monoisotopic (exact) mass is 330 g/mol. The zero-order valence-electron chi connectivity index (χ0n) is 12.8. The summed E-state index contributed by atoms with van der Waals surface area (Å²) in [6.45, 7) is 0. The summed E-state index contributed by atoms with van der Waals surface area (Å²) in [5.41, 5.74) is 2.72. The van der Waals surface area contributed by atoms with Crippen molar-refractivity contribution < 1.29 is 4.79 Å². The molecule has 1 N–H and O–H groups in total. The first-order valence-corrected chi connectivity index (χ1v) is 8.42. The Bertz CT molecular complexity index is 975. The normalized spacial score (nSPS) is 10.7. The zero-order chi connectivity index (χ0) is 16.4. The number of nitrogens with one attached hydrogen (secondary N) is 1. The first-order valence-electron chi connectivity index (χ1n) is 7.60. The van der Waals surface area contributed by atoms with Crippen LogP contribution in [0.25, 0.3) is 21.2 Å². The number of amides is 1. The van der Waals surface area contributed by atoms with Crippen molar-refractivity contribution in [1.29, 1.82) is 0 Å². The van der Waals surface area contributed by atoms with E-state index in [1.165, 1.54) is 11.3 Å². The molecule has 0 fully saturated rings. The second-order valence-electron chi connectivity index (χ2n) is 5.39. The maximum atomic E-state index is 12.7. The maximum absolute atomic E-state index is 12.7. The number of para-hydroxylation sites is 1. The number of carbonyl (C=O) groups is 1. The molecule has 24 heavy (non-hydrogen) atoms. The summed E-state index contributed by atoms with van der Waals surface area (Å²) in [6, 6.07) is 21.6. The first-order chi connectivity index (χ1) is 11.8. The van der Waals surface area contributed by atoms with E-state index in [1.807, 2.05) is 66.7 Å². The number of benzene rings is 2. The molecule has 0 aliphatic heterocycles. The fraction of sp³-hybridized carbons (Fsp3) is 0. The molecule has 0 saturated heterocycles. The number of hydrogen-bond donors (Lipinski definition) is 1. The Balaban J connectivity index is 1.67. The summed E-state index contributed by atoms with van der Waals surface area (Å²) in [4.78, 5) is 17.5. The minimum atomic E-state index is -0.0902. The highest BCUT2D eigenvalue weighted by Crippen LogP contribution is 2.29. The van der Waals surface area contributed by atoms with Crippen LogP contribution in [0.3, 0.4) is 0 Å². The summed E-state index contributed by atoms with van der Waals surface area (Å²) in [5, 5.41) is 4.12. The van der Waals surface area contributed by atoms with Crippen LogP contribution in [0, 0.1) is 0 Å². The molecule has 2 heterocycles. The third-order valence-electron chi connectivity index (χ3n) is 3.80. The predicted molar refractivity (Wildman–Crippen MR) is 99.5 cm³/mol. The highest BCUT2D eigenvalue weighted by molar-refractivity contribution is 7.20. The molecule has 0 radical (unpaired) electrons. The van der Waals surface area contributed by atoms with Gasteiger partial charge in [0, 0.05) is 33.9 Å². The van der Waals surface area contributed by atoms with Crippen LogP contribution in [0.1, 0.15) is 9.67 Å². The molecule has 4 rings (SSSR count). The van der Waals surface area contributed by atoms with Crippen molar-refractivity contribution in [2.24, 2.45) is 0 Å². The molecule has 0 bridgehead atoms. The van der Waals surface area contributed by atoms with Gasteiger partial charge in [-0.05, 0) is 29.7 Å². The Morgan fingerprint density at radius 1 is 0.958 bits per heavy atom. The lowest BCUT2D eigenvalue weighted by atomic mass is 10.1. The summed E-state index contributed by atoms with van der Waals surface area (Å²) in [6.07, 6.45) is 3.53. The van der Waals surface area contributed by atoms with Gasteiger partial charge >= 0.3 is 0 Å². The van der Waals surface area contributed by atoms with Gasteiger partial charge in [0.15, 0.2) is 0 Å². The molecular weight excluding hydrogens is 316 g/mol. The van der Waals surface area contributed by atoms with Crippen molar-refractivity contribution in [3.05, 3.63) is 84.0 Å². The van der Waals surface area contributed by atoms with Crippen LogP contribution < -0.4 is 5.32 Å². The molecule has 3 nitrogen and oxygen atoms in total. The SMILES string of the molecule is O=C(Nc1ccccc1-c1cccnc1)c1cc2ccccc2s1. The lowest BCUT2D eigenvalue weighted by molar-refractivity contribution is 0.103. The van der Waals surface area contributed by atoms with Gasteiger partial charge in [0.25, 0.3) is 5.91 Å². The van der Waals surface area contributed by atoms with Crippen molar-refractivity contribution in [2.75, 3.05) is 5.32 Å². The maximum Gasteiger partial charge on any atom is 0.265 e. The number of carbonyl (C=O) groups excluding carboxylic acids is 1. The molecule has 2 aromatic heterocycles. The highest BCUT2D eigenvalue weighted by Gasteiger charge is 2.13. The third kappa shape index (κ3) is 2.79. The summed E-state index contributed by atoms with van der Waals surface area (Å²) >= 11 is 1.50. The van der Waals surface area contributed by atoms with Crippen LogP contribution in [0.2, 0.25) is 0 Å². The van der Waals surface area contributed by atoms with E-state index in [0.29, 0.717) is 4.88 Å². The summed E-state index contributed by atoms with van der Waals surface area (Å²) in [7, 11) is 0. The van der Waals surface area contributed by atoms with E-state index in [2.05, 4.69) is 10.3 Å². The van der Waals surface area contributed by atoms with Crippen molar-refractivity contribution >= 4 is 33.0 Å². The lowest BCUT2D eigenvalue weighted by Crippen LogP contribution is -2.10. The van der Waals surface area contributed by atoms with Gasteiger partial charge in [-0.3, -0.25) is 9.78 Å². The molecule has 0 saturated carbocycles. The molecule has 4 heteroatoms. The molecule has 0 aliphatic carbocycles. The van der Waals surface area contributed by atoms with Gasteiger partial charge in [-0.2, -0.15) is 0 Å². The van der Waals surface area contributed by atoms with Gasteiger partial charge in [-0.15, -0.1) is 11.3 Å². The number of rotatable bonds is 3. The van der Waals surface area contributed by atoms with Crippen molar-refractivity contribution in [3.8, 4) is 11.1 Å². The molecular formula is C20H14N2OS. The topological polar surface area (TPSA) is 42.0 Å². The van der Waals surface area contributed by atoms with Gasteiger partial charge in [0.05, 0.1) is 4.88 Å². The highest BCUT2D eigenvalue weighted by atomic mass is 32.1. The fourth-order valence-electron chi connectivity index (χ4n) is 2.64. The number of pyridine rings is 1. The largest absolute Gasteiger partial charge is 0.321 e. The number of anilines is 1. The minimum absolute atomic E-state index is 0.0902. The molecule has 0 aliphatic rings. The lowest BCUT2D eigenvalue weighted by Gasteiger charge is -2.10. The number of hydrogen-bond acceptors (Lipinski definition) is 3. The molecule has 2 aromatic carbocycles. The third-order valence-corrected chi connectivity index (χ3v) is 4.91. The average Bonchev–Trinajstić information content (AvgIpc) is 3.07.